The monoisotopic (exact) mass is 360 g/mol. The van der Waals surface area contributed by atoms with Crippen molar-refractivity contribution in [3.63, 3.8) is 0 Å². The summed E-state index contributed by atoms with van der Waals surface area (Å²) < 4.78 is 10.7. The van der Waals surface area contributed by atoms with Crippen molar-refractivity contribution in [3.8, 4) is 5.75 Å². The Morgan fingerprint density at radius 3 is 2.46 bits per heavy atom. The van der Waals surface area contributed by atoms with E-state index in [1.54, 1.807) is 16.9 Å². The number of amides is 2. The second kappa shape index (κ2) is 6.49. The average molecular weight is 360 g/mol. The molecule has 1 aromatic carbocycles. The van der Waals surface area contributed by atoms with Gasteiger partial charge in [0.25, 0.3) is 5.91 Å². The highest BCUT2D eigenvalue weighted by molar-refractivity contribution is 5.96. The van der Waals surface area contributed by atoms with Gasteiger partial charge in [0, 0.05) is 13.1 Å². The summed E-state index contributed by atoms with van der Waals surface area (Å²) in [5.74, 6) is 1.10. The Morgan fingerprint density at radius 1 is 1.27 bits per heavy atom. The van der Waals surface area contributed by atoms with Crippen LogP contribution < -0.4 is 4.74 Å². The fourth-order valence-corrected chi connectivity index (χ4v) is 3.89. The molecule has 0 aliphatic carbocycles. The number of carbonyl (C=O) groups excluding carboxylic acids is 2. The number of likely N-dealkylation sites (tertiary alicyclic amines) is 2. The molecule has 0 radical (unpaired) electrons. The van der Waals surface area contributed by atoms with Crippen molar-refractivity contribution < 1.29 is 19.1 Å². The minimum atomic E-state index is -0.728. The third-order valence-electron chi connectivity index (χ3n) is 4.98. The summed E-state index contributed by atoms with van der Waals surface area (Å²) >= 11 is 0. The lowest BCUT2D eigenvalue weighted by Crippen LogP contribution is -2.72. The second-order valence-corrected chi connectivity index (χ2v) is 8.44. The zero-order valence-corrected chi connectivity index (χ0v) is 16.2. The first-order chi connectivity index (χ1) is 12.1. The van der Waals surface area contributed by atoms with Gasteiger partial charge in [-0.25, -0.2) is 4.79 Å². The Labute approximate surface area is 155 Å². The first-order valence-electron chi connectivity index (χ1n) is 9.07. The standard InChI is InChI=1S/C20H28N2O4/c1-14-10-20(22(11-14)18(24)26-19(2,3)4)13-21(17(20)23)12-15-6-8-16(25-5)9-7-15/h6-9,14H,10-13H2,1-5H3/t14-,20?/m1/s1. The van der Waals surface area contributed by atoms with Gasteiger partial charge in [-0.2, -0.15) is 0 Å². The lowest BCUT2D eigenvalue weighted by atomic mass is 9.83. The molecule has 142 valence electrons. The molecule has 6 nitrogen and oxygen atoms in total. The molecule has 1 spiro atoms. The maximum absolute atomic E-state index is 13.0. The van der Waals surface area contributed by atoms with E-state index in [0.29, 0.717) is 26.1 Å². The lowest BCUT2D eigenvalue weighted by Gasteiger charge is -2.51. The summed E-state index contributed by atoms with van der Waals surface area (Å²) in [5.41, 5.74) is -0.252. The van der Waals surface area contributed by atoms with Gasteiger partial charge in [0.1, 0.15) is 16.9 Å². The van der Waals surface area contributed by atoms with E-state index in [1.165, 1.54) is 0 Å². The molecular formula is C20H28N2O4. The van der Waals surface area contributed by atoms with E-state index >= 15 is 0 Å². The van der Waals surface area contributed by atoms with Crippen molar-refractivity contribution in [2.24, 2.45) is 5.92 Å². The van der Waals surface area contributed by atoms with Gasteiger partial charge in [0.15, 0.2) is 0 Å². The van der Waals surface area contributed by atoms with E-state index in [0.717, 1.165) is 11.3 Å². The number of hydrogen-bond donors (Lipinski definition) is 0. The molecular weight excluding hydrogens is 332 g/mol. The van der Waals surface area contributed by atoms with E-state index < -0.39 is 11.1 Å². The van der Waals surface area contributed by atoms with Crippen LogP contribution in [0.3, 0.4) is 0 Å². The fraction of sp³-hybridized carbons (Fsp3) is 0.600. The third kappa shape index (κ3) is 3.37. The van der Waals surface area contributed by atoms with E-state index in [2.05, 4.69) is 6.92 Å². The molecule has 3 rings (SSSR count). The van der Waals surface area contributed by atoms with Gasteiger partial charge in [-0.1, -0.05) is 19.1 Å². The van der Waals surface area contributed by atoms with Gasteiger partial charge in [-0.05, 0) is 50.8 Å². The number of methoxy groups -OCH3 is 1. The molecule has 2 amide bonds. The van der Waals surface area contributed by atoms with E-state index in [1.807, 2.05) is 45.0 Å². The van der Waals surface area contributed by atoms with Gasteiger partial charge in [0.2, 0.25) is 0 Å². The Morgan fingerprint density at radius 2 is 1.92 bits per heavy atom. The number of carbonyl (C=O) groups is 2. The van der Waals surface area contributed by atoms with Gasteiger partial charge in [-0.3, -0.25) is 9.69 Å². The largest absolute Gasteiger partial charge is 0.497 e. The van der Waals surface area contributed by atoms with Crippen molar-refractivity contribution >= 4 is 12.0 Å². The van der Waals surface area contributed by atoms with Crippen LogP contribution in [0.15, 0.2) is 24.3 Å². The topological polar surface area (TPSA) is 59.1 Å². The van der Waals surface area contributed by atoms with Crippen molar-refractivity contribution in [2.75, 3.05) is 20.2 Å². The fourth-order valence-electron chi connectivity index (χ4n) is 3.89. The molecule has 0 aromatic heterocycles. The van der Waals surface area contributed by atoms with Crippen LogP contribution in [0.1, 0.15) is 39.7 Å². The molecule has 2 saturated heterocycles. The SMILES string of the molecule is COc1ccc(CN2CC3(C[C@@H](C)CN3C(=O)OC(C)(C)C)C2=O)cc1. The highest BCUT2D eigenvalue weighted by Crippen LogP contribution is 2.42. The van der Waals surface area contributed by atoms with Gasteiger partial charge < -0.3 is 14.4 Å². The predicted molar refractivity (Wildman–Crippen MR) is 97.9 cm³/mol. The Kier molecular flexibility index (Phi) is 4.63. The molecule has 1 aromatic rings. The Balaban J connectivity index is 1.70. The van der Waals surface area contributed by atoms with Gasteiger partial charge in [0.05, 0.1) is 13.7 Å². The number of β-lactam (4-membered cyclic amide) rings is 1. The minimum Gasteiger partial charge on any atom is -0.497 e. The lowest BCUT2D eigenvalue weighted by molar-refractivity contribution is -0.161. The summed E-state index contributed by atoms with van der Waals surface area (Å²) in [6.45, 7) is 9.27. The molecule has 0 N–H and O–H groups in total. The molecule has 2 atom stereocenters. The summed E-state index contributed by atoms with van der Waals surface area (Å²) in [6.07, 6.45) is 0.309. The first-order valence-corrected chi connectivity index (χ1v) is 9.07. The number of rotatable bonds is 3. The van der Waals surface area contributed by atoms with Crippen molar-refractivity contribution in [3.05, 3.63) is 29.8 Å². The highest BCUT2D eigenvalue weighted by atomic mass is 16.6. The van der Waals surface area contributed by atoms with Crippen molar-refractivity contribution in [1.29, 1.82) is 0 Å². The normalized spacial score (nSPS) is 25.4. The summed E-state index contributed by atoms with van der Waals surface area (Å²) in [7, 11) is 1.63. The first kappa shape index (κ1) is 18.5. The van der Waals surface area contributed by atoms with Crippen LogP contribution in [-0.4, -0.2) is 53.1 Å². The molecule has 1 unspecified atom stereocenters. The molecule has 0 saturated carbocycles. The van der Waals surface area contributed by atoms with Gasteiger partial charge in [-0.15, -0.1) is 0 Å². The number of benzene rings is 1. The predicted octanol–water partition coefficient (Wildman–Crippen LogP) is 3.05. The molecule has 2 heterocycles. The highest BCUT2D eigenvalue weighted by Gasteiger charge is 2.61. The maximum atomic E-state index is 13.0. The molecule has 2 fully saturated rings. The van der Waals surface area contributed by atoms with Crippen LogP contribution in [0, 0.1) is 5.92 Å². The summed E-state index contributed by atoms with van der Waals surface area (Å²) in [5, 5.41) is 0. The number of nitrogens with zero attached hydrogens (tertiary/aromatic N) is 2. The molecule has 6 heteroatoms. The zero-order chi connectivity index (χ0) is 19.1. The second-order valence-electron chi connectivity index (χ2n) is 8.44. The van der Waals surface area contributed by atoms with Crippen LogP contribution in [0.25, 0.3) is 0 Å². The van der Waals surface area contributed by atoms with Crippen LogP contribution in [0.2, 0.25) is 0 Å². The molecule has 0 bridgehead atoms. The van der Waals surface area contributed by atoms with Crippen molar-refractivity contribution in [2.45, 2.75) is 51.8 Å². The quantitative estimate of drug-likeness (QED) is 0.778. The van der Waals surface area contributed by atoms with E-state index in [9.17, 15) is 9.59 Å². The molecule has 26 heavy (non-hydrogen) atoms. The minimum absolute atomic E-state index is 0.0172. The van der Waals surface area contributed by atoms with E-state index in [4.69, 9.17) is 9.47 Å². The summed E-state index contributed by atoms with van der Waals surface area (Å²) in [4.78, 5) is 29.1. The van der Waals surface area contributed by atoms with Crippen LogP contribution in [0.5, 0.6) is 5.75 Å². The van der Waals surface area contributed by atoms with Crippen molar-refractivity contribution in [1.82, 2.24) is 9.80 Å². The van der Waals surface area contributed by atoms with E-state index in [-0.39, 0.29) is 17.9 Å². The Hall–Kier alpha value is -2.24. The smallest absolute Gasteiger partial charge is 0.411 e. The van der Waals surface area contributed by atoms with Crippen LogP contribution in [0.4, 0.5) is 4.79 Å². The zero-order valence-electron chi connectivity index (χ0n) is 16.2. The Bertz CT molecular complexity index is 695. The van der Waals surface area contributed by atoms with Crippen LogP contribution in [-0.2, 0) is 16.1 Å². The van der Waals surface area contributed by atoms with Crippen LogP contribution >= 0.6 is 0 Å². The average Bonchev–Trinajstić information content (AvgIpc) is 2.93. The number of hydrogen-bond acceptors (Lipinski definition) is 4. The summed E-state index contributed by atoms with van der Waals surface area (Å²) in [6, 6.07) is 7.69. The molecule has 2 aliphatic rings. The maximum Gasteiger partial charge on any atom is 0.411 e. The molecule has 2 aliphatic heterocycles. The van der Waals surface area contributed by atoms with Gasteiger partial charge >= 0.3 is 6.09 Å². The number of ether oxygens (including phenoxy) is 2. The third-order valence-corrected chi connectivity index (χ3v) is 4.98.